The van der Waals surface area contributed by atoms with Crippen molar-refractivity contribution in [2.24, 2.45) is 11.8 Å². The summed E-state index contributed by atoms with van der Waals surface area (Å²) in [7, 11) is 0. The summed E-state index contributed by atoms with van der Waals surface area (Å²) < 4.78 is 0. The molecule has 0 spiro atoms. The first-order chi connectivity index (χ1) is 9.31. The topological polar surface area (TPSA) is 15.3 Å². The van der Waals surface area contributed by atoms with Gasteiger partial charge in [-0.3, -0.25) is 0 Å². The zero-order valence-corrected chi connectivity index (χ0v) is 13.2. The molecule has 2 heteroatoms. The molecule has 1 atom stereocenters. The molecule has 112 valence electrons. The van der Waals surface area contributed by atoms with Crippen LogP contribution < -0.4 is 5.32 Å². The van der Waals surface area contributed by atoms with Crippen molar-refractivity contribution in [3.05, 3.63) is 0 Å². The Bertz CT molecular complexity index is 233. The largest absolute Gasteiger partial charge is 0.314 e. The Hall–Kier alpha value is -0.0800. The van der Waals surface area contributed by atoms with Gasteiger partial charge in [0.25, 0.3) is 0 Å². The maximum Gasteiger partial charge on any atom is 0.00798 e. The van der Waals surface area contributed by atoms with E-state index in [-0.39, 0.29) is 0 Å². The molecule has 1 saturated heterocycles. The Labute approximate surface area is 120 Å². The summed E-state index contributed by atoms with van der Waals surface area (Å²) in [4.78, 5) is 2.61. The maximum atomic E-state index is 3.88. The van der Waals surface area contributed by atoms with Crippen molar-refractivity contribution in [3.63, 3.8) is 0 Å². The number of likely N-dealkylation sites (tertiary alicyclic amines) is 1. The highest BCUT2D eigenvalue weighted by atomic mass is 15.1. The molecule has 2 rings (SSSR count). The van der Waals surface area contributed by atoms with Crippen LogP contribution in [0.15, 0.2) is 0 Å². The van der Waals surface area contributed by atoms with Gasteiger partial charge in [-0.15, -0.1) is 0 Å². The van der Waals surface area contributed by atoms with E-state index in [0.717, 1.165) is 17.9 Å². The molecular formula is C17H34N2. The molecule has 1 saturated carbocycles. The molecule has 0 amide bonds. The van der Waals surface area contributed by atoms with E-state index < -0.39 is 0 Å². The van der Waals surface area contributed by atoms with Gasteiger partial charge in [-0.2, -0.15) is 0 Å². The van der Waals surface area contributed by atoms with Gasteiger partial charge in [0.2, 0.25) is 0 Å². The van der Waals surface area contributed by atoms with Gasteiger partial charge < -0.3 is 10.2 Å². The van der Waals surface area contributed by atoms with Crippen molar-refractivity contribution in [2.45, 2.75) is 71.3 Å². The Kier molecular flexibility index (Phi) is 6.66. The Morgan fingerprint density at radius 1 is 0.895 bits per heavy atom. The molecule has 0 aromatic heterocycles. The fourth-order valence-electron chi connectivity index (χ4n) is 3.85. The van der Waals surface area contributed by atoms with E-state index in [1.165, 1.54) is 77.5 Å². The lowest BCUT2D eigenvalue weighted by Crippen LogP contribution is -2.35. The number of hydrogen-bond acceptors (Lipinski definition) is 2. The highest BCUT2D eigenvalue weighted by Crippen LogP contribution is 2.30. The summed E-state index contributed by atoms with van der Waals surface area (Å²) in [6.45, 7) is 9.78. The summed E-state index contributed by atoms with van der Waals surface area (Å²) in [6.07, 6.45) is 11.4. The van der Waals surface area contributed by atoms with E-state index in [0.29, 0.717) is 0 Å². The van der Waals surface area contributed by atoms with E-state index in [1.807, 2.05) is 0 Å². The lowest BCUT2D eigenvalue weighted by atomic mass is 9.81. The molecule has 0 aromatic rings. The van der Waals surface area contributed by atoms with E-state index in [9.17, 15) is 0 Å². The van der Waals surface area contributed by atoms with Crippen molar-refractivity contribution in [3.8, 4) is 0 Å². The molecule has 1 heterocycles. The maximum absolute atomic E-state index is 3.88. The first kappa shape index (κ1) is 15.3. The van der Waals surface area contributed by atoms with Gasteiger partial charge in [0.05, 0.1) is 0 Å². The van der Waals surface area contributed by atoms with Gasteiger partial charge in [0, 0.05) is 6.04 Å². The molecule has 19 heavy (non-hydrogen) atoms. The first-order valence-electron chi connectivity index (χ1n) is 8.77. The van der Waals surface area contributed by atoms with Gasteiger partial charge in [-0.25, -0.2) is 0 Å². The SMILES string of the molecule is CCC1CCC(CNC2CCCN(CC)CC2)CC1. The smallest absolute Gasteiger partial charge is 0.00798 e. The molecule has 0 radical (unpaired) electrons. The molecule has 2 fully saturated rings. The van der Waals surface area contributed by atoms with E-state index in [1.54, 1.807) is 0 Å². The van der Waals surface area contributed by atoms with E-state index in [2.05, 4.69) is 24.1 Å². The summed E-state index contributed by atoms with van der Waals surface area (Å²) in [6, 6.07) is 0.792. The quantitative estimate of drug-likeness (QED) is 0.817. The lowest BCUT2D eigenvalue weighted by molar-refractivity contribution is 0.252. The predicted octanol–water partition coefficient (Wildman–Crippen LogP) is 3.67. The van der Waals surface area contributed by atoms with Gasteiger partial charge in [-0.1, -0.05) is 33.1 Å². The Morgan fingerprint density at radius 2 is 1.63 bits per heavy atom. The summed E-state index contributed by atoms with van der Waals surface area (Å²) >= 11 is 0. The zero-order valence-electron chi connectivity index (χ0n) is 13.2. The van der Waals surface area contributed by atoms with Gasteiger partial charge in [0.1, 0.15) is 0 Å². The summed E-state index contributed by atoms with van der Waals surface area (Å²) in [5, 5.41) is 3.88. The van der Waals surface area contributed by atoms with Crippen LogP contribution in [0, 0.1) is 11.8 Å². The number of nitrogens with one attached hydrogen (secondary N) is 1. The highest BCUT2D eigenvalue weighted by Gasteiger charge is 2.21. The second-order valence-corrected chi connectivity index (χ2v) is 6.77. The number of hydrogen-bond donors (Lipinski definition) is 1. The standard InChI is InChI=1S/C17H34N2/c1-3-15-7-9-16(10-8-15)14-18-17-6-5-12-19(4-2)13-11-17/h15-18H,3-14H2,1-2H3. The second kappa shape index (κ2) is 8.26. The van der Waals surface area contributed by atoms with Crippen LogP contribution in [0.3, 0.4) is 0 Å². The normalized spacial score (nSPS) is 34.1. The van der Waals surface area contributed by atoms with Crippen LogP contribution in [0.4, 0.5) is 0 Å². The van der Waals surface area contributed by atoms with Gasteiger partial charge >= 0.3 is 0 Å². The van der Waals surface area contributed by atoms with E-state index >= 15 is 0 Å². The van der Waals surface area contributed by atoms with Crippen molar-refractivity contribution >= 4 is 0 Å². The Morgan fingerprint density at radius 3 is 2.32 bits per heavy atom. The third-order valence-electron chi connectivity index (χ3n) is 5.51. The lowest BCUT2D eigenvalue weighted by Gasteiger charge is -2.29. The van der Waals surface area contributed by atoms with Gasteiger partial charge in [-0.05, 0) is 70.1 Å². The first-order valence-corrected chi connectivity index (χ1v) is 8.77. The third-order valence-corrected chi connectivity index (χ3v) is 5.51. The predicted molar refractivity (Wildman–Crippen MR) is 83.5 cm³/mol. The van der Waals surface area contributed by atoms with Crippen LogP contribution in [-0.2, 0) is 0 Å². The van der Waals surface area contributed by atoms with Crippen LogP contribution in [0.1, 0.15) is 65.2 Å². The van der Waals surface area contributed by atoms with Crippen LogP contribution in [0.2, 0.25) is 0 Å². The second-order valence-electron chi connectivity index (χ2n) is 6.77. The average molecular weight is 266 g/mol. The fraction of sp³-hybridized carbons (Fsp3) is 1.00. The molecule has 1 N–H and O–H groups in total. The average Bonchev–Trinajstić information content (AvgIpc) is 2.70. The minimum absolute atomic E-state index is 0.792. The number of nitrogens with zero attached hydrogens (tertiary/aromatic N) is 1. The minimum atomic E-state index is 0.792. The van der Waals surface area contributed by atoms with E-state index in [4.69, 9.17) is 0 Å². The Balaban J connectivity index is 1.63. The molecule has 0 aromatic carbocycles. The fourth-order valence-corrected chi connectivity index (χ4v) is 3.85. The third kappa shape index (κ3) is 5.07. The van der Waals surface area contributed by atoms with Crippen molar-refractivity contribution in [1.29, 1.82) is 0 Å². The molecule has 1 unspecified atom stereocenters. The van der Waals surface area contributed by atoms with Crippen molar-refractivity contribution in [1.82, 2.24) is 10.2 Å². The van der Waals surface area contributed by atoms with Crippen LogP contribution in [0.5, 0.6) is 0 Å². The molecule has 1 aliphatic heterocycles. The molecule has 2 nitrogen and oxygen atoms in total. The van der Waals surface area contributed by atoms with Crippen molar-refractivity contribution in [2.75, 3.05) is 26.2 Å². The molecular weight excluding hydrogens is 232 g/mol. The summed E-state index contributed by atoms with van der Waals surface area (Å²) in [5.41, 5.74) is 0. The molecule has 0 bridgehead atoms. The van der Waals surface area contributed by atoms with Crippen molar-refractivity contribution < 1.29 is 0 Å². The monoisotopic (exact) mass is 266 g/mol. The highest BCUT2D eigenvalue weighted by molar-refractivity contribution is 4.78. The summed E-state index contributed by atoms with van der Waals surface area (Å²) in [5.74, 6) is 2.00. The van der Waals surface area contributed by atoms with Gasteiger partial charge in [0.15, 0.2) is 0 Å². The minimum Gasteiger partial charge on any atom is -0.314 e. The molecule has 2 aliphatic rings. The zero-order chi connectivity index (χ0) is 13.5. The number of rotatable bonds is 5. The van der Waals surface area contributed by atoms with Crippen LogP contribution >= 0.6 is 0 Å². The molecule has 1 aliphatic carbocycles. The van der Waals surface area contributed by atoms with Crippen LogP contribution in [-0.4, -0.2) is 37.1 Å². The van der Waals surface area contributed by atoms with Crippen LogP contribution in [0.25, 0.3) is 0 Å².